The van der Waals surface area contributed by atoms with Crippen LogP contribution in [-0.2, 0) is 17.7 Å². The number of fused-ring (bicyclic) bond motifs is 1. The van der Waals surface area contributed by atoms with Crippen molar-refractivity contribution >= 4 is 28.9 Å². The number of aliphatic hydroxyl groups is 4. The van der Waals surface area contributed by atoms with Crippen LogP contribution in [0.3, 0.4) is 0 Å². The highest BCUT2D eigenvalue weighted by Crippen LogP contribution is 2.37. The molecule has 1 fully saturated rings. The van der Waals surface area contributed by atoms with Gasteiger partial charge in [-0.25, -0.2) is 0 Å². The number of ether oxygens (including phenoxy) is 1. The zero-order valence-electron chi connectivity index (χ0n) is 16.3. The Balaban J connectivity index is 1.63. The molecule has 0 spiro atoms. The van der Waals surface area contributed by atoms with Crippen molar-refractivity contribution in [1.82, 2.24) is 0 Å². The van der Waals surface area contributed by atoms with Crippen molar-refractivity contribution in [3.63, 3.8) is 0 Å². The lowest BCUT2D eigenvalue weighted by Gasteiger charge is -2.41. The number of aliphatic hydroxyl groups excluding tert-OH is 4. The average molecular weight is 454 g/mol. The van der Waals surface area contributed by atoms with Gasteiger partial charge in [0, 0.05) is 28.8 Å². The van der Waals surface area contributed by atoms with Gasteiger partial charge in [0.25, 0.3) is 0 Å². The van der Waals surface area contributed by atoms with Gasteiger partial charge in [0.05, 0.1) is 6.61 Å². The molecule has 0 amide bonds. The summed E-state index contributed by atoms with van der Waals surface area (Å²) in [7, 11) is 0. The average Bonchev–Trinajstić information content (AvgIpc) is 2.74. The Kier molecular flexibility index (Phi) is 6.55. The molecule has 162 valence electrons. The van der Waals surface area contributed by atoms with Crippen molar-refractivity contribution in [2.24, 2.45) is 0 Å². The molecule has 2 aromatic rings. The lowest BCUT2D eigenvalue weighted by molar-refractivity contribution is -0.231. The Morgan fingerprint density at radius 1 is 1.00 bits per heavy atom. The van der Waals surface area contributed by atoms with Crippen LogP contribution in [0, 0.1) is 0 Å². The van der Waals surface area contributed by atoms with E-state index in [1.54, 1.807) is 6.07 Å². The van der Waals surface area contributed by atoms with E-state index in [1.807, 2.05) is 30.3 Å². The van der Waals surface area contributed by atoms with Gasteiger partial charge in [0.1, 0.15) is 30.5 Å². The summed E-state index contributed by atoms with van der Waals surface area (Å²) < 4.78 is 5.73. The maximum absolute atomic E-state index is 10.5. The normalized spacial score (nSPS) is 29.0. The van der Waals surface area contributed by atoms with Gasteiger partial charge in [-0.1, -0.05) is 41.4 Å². The number of aryl methyl sites for hydroxylation is 1. The quantitative estimate of drug-likeness (QED) is 0.568. The van der Waals surface area contributed by atoms with Gasteiger partial charge < -0.3 is 30.1 Å². The lowest BCUT2D eigenvalue weighted by atomic mass is 9.89. The van der Waals surface area contributed by atoms with E-state index >= 15 is 0 Å². The van der Waals surface area contributed by atoms with Gasteiger partial charge in [-0.05, 0) is 47.7 Å². The zero-order valence-corrected chi connectivity index (χ0v) is 17.8. The SMILES string of the molecule is OC[C@H]1O[C@@H](c2ccc3c(c2)N(Cc2ccc(Cl)cc2Cl)CCC3)[C@H](O)[C@@H](O)[C@@H]1O. The number of halogens is 2. The molecule has 4 N–H and O–H groups in total. The Morgan fingerprint density at radius 3 is 2.53 bits per heavy atom. The van der Waals surface area contributed by atoms with Crippen LogP contribution >= 0.6 is 23.2 Å². The highest BCUT2D eigenvalue weighted by atomic mass is 35.5. The second-order valence-electron chi connectivity index (χ2n) is 7.90. The van der Waals surface area contributed by atoms with Crippen molar-refractivity contribution in [2.75, 3.05) is 18.1 Å². The van der Waals surface area contributed by atoms with Gasteiger partial charge in [0.2, 0.25) is 0 Å². The molecule has 1 saturated heterocycles. The van der Waals surface area contributed by atoms with E-state index < -0.39 is 37.1 Å². The van der Waals surface area contributed by atoms with Crippen LogP contribution in [0.1, 0.15) is 29.2 Å². The molecular weight excluding hydrogens is 429 g/mol. The fourth-order valence-corrected chi connectivity index (χ4v) is 4.71. The number of rotatable bonds is 4. The third-order valence-electron chi connectivity index (χ3n) is 5.92. The van der Waals surface area contributed by atoms with Gasteiger partial charge in [-0.15, -0.1) is 0 Å². The largest absolute Gasteiger partial charge is 0.394 e. The monoisotopic (exact) mass is 453 g/mol. The topological polar surface area (TPSA) is 93.4 Å². The Morgan fingerprint density at radius 2 is 1.80 bits per heavy atom. The van der Waals surface area contributed by atoms with Gasteiger partial charge in [-0.2, -0.15) is 0 Å². The minimum absolute atomic E-state index is 0.451. The third-order valence-corrected chi connectivity index (χ3v) is 6.51. The molecule has 2 aliphatic rings. The molecular formula is C22H25Cl2NO5. The number of nitrogens with zero attached hydrogens (tertiary/aromatic N) is 1. The van der Waals surface area contributed by atoms with Gasteiger partial charge in [-0.3, -0.25) is 0 Å². The molecule has 30 heavy (non-hydrogen) atoms. The predicted molar refractivity (Wildman–Crippen MR) is 115 cm³/mol. The molecule has 0 aliphatic carbocycles. The molecule has 0 unspecified atom stereocenters. The second kappa shape index (κ2) is 9.01. The van der Waals surface area contributed by atoms with Gasteiger partial charge in [0.15, 0.2) is 0 Å². The van der Waals surface area contributed by atoms with Crippen molar-refractivity contribution in [1.29, 1.82) is 0 Å². The fourth-order valence-electron chi connectivity index (χ4n) is 4.24. The van der Waals surface area contributed by atoms with Crippen molar-refractivity contribution in [3.8, 4) is 0 Å². The van der Waals surface area contributed by atoms with Crippen LogP contribution in [0.15, 0.2) is 36.4 Å². The Hall–Kier alpha value is -1.38. The van der Waals surface area contributed by atoms with E-state index in [0.29, 0.717) is 22.2 Å². The summed E-state index contributed by atoms with van der Waals surface area (Å²) in [5.74, 6) is 0. The molecule has 2 heterocycles. The fraction of sp³-hybridized carbons (Fsp3) is 0.455. The predicted octanol–water partition coefficient (Wildman–Crippen LogP) is 2.46. The van der Waals surface area contributed by atoms with E-state index in [2.05, 4.69) is 4.90 Å². The lowest BCUT2D eigenvalue weighted by Crippen LogP contribution is -2.55. The minimum Gasteiger partial charge on any atom is -0.394 e. The van der Waals surface area contributed by atoms with Crippen LogP contribution in [-0.4, -0.2) is 58.0 Å². The molecule has 0 saturated carbocycles. The summed E-state index contributed by atoms with van der Waals surface area (Å²) in [4.78, 5) is 2.22. The van der Waals surface area contributed by atoms with Crippen molar-refractivity contribution < 1.29 is 25.2 Å². The number of anilines is 1. The minimum atomic E-state index is -1.40. The molecule has 4 rings (SSSR count). The van der Waals surface area contributed by atoms with E-state index in [9.17, 15) is 20.4 Å². The second-order valence-corrected chi connectivity index (χ2v) is 8.74. The summed E-state index contributed by atoms with van der Waals surface area (Å²) in [6.45, 7) is 1.01. The molecule has 2 aromatic carbocycles. The summed E-state index contributed by atoms with van der Waals surface area (Å²) in [6.07, 6.45) is -3.92. The molecule has 5 atom stereocenters. The third kappa shape index (κ3) is 4.18. The highest BCUT2D eigenvalue weighted by molar-refractivity contribution is 6.35. The molecule has 2 aliphatic heterocycles. The number of hydrogen-bond donors (Lipinski definition) is 4. The first-order valence-electron chi connectivity index (χ1n) is 10.0. The maximum atomic E-state index is 10.5. The Bertz CT molecular complexity index is 909. The standard InChI is InChI=1S/C22H25Cl2NO5/c23-15-6-5-14(16(24)9-15)10-25-7-1-2-12-3-4-13(8-17(12)25)22-21(29)20(28)19(27)18(11-26)30-22/h3-6,8-9,18-22,26-29H,1-2,7,10-11H2/t18-,19-,20+,21-,22+/m1/s1. The first-order valence-corrected chi connectivity index (χ1v) is 10.8. The van der Waals surface area contributed by atoms with Crippen LogP contribution in [0.4, 0.5) is 5.69 Å². The summed E-state index contributed by atoms with van der Waals surface area (Å²) >= 11 is 12.4. The first-order chi connectivity index (χ1) is 14.4. The first kappa shape index (κ1) is 21.8. The van der Waals surface area contributed by atoms with E-state index in [4.69, 9.17) is 27.9 Å². The molecule has 6 nitrogen and oxygen atoms in total. The molecule has 0 bridgehead atoms. The smallest absolute Gasteiger partial charge is 0.113 e. The maximum Gasteiger partial charge on any atom is 0.113 e. The van der Waals surface area contributed by atoms with Crippen molar-refractivity contribution in [2.45, 2.75) is 49.9 Å². The van der Waals surface area contributed by atoms with Crippen LogP contribution in [0.25, 0.3) is 0 Å². The summed E-state index contributed by atoms with van der Waals surface area (Å²) in [5, 5.41) is 41.3. The van der Waals surface area contributed by atoms with Crippen LogP contribution in [0.2, 0.25) is 10.0 Å². The van der Waals surface area contributed by atoms with E-state index in [1.165, 1.54) is 5.56 Å². The summed E-state index contributed by atoms with van der Waals surface area (Å²) in [6, 6.07) is 11.3. The van der Waals surface area contributed by atoms with Gasteiger partial charge >= 0.3 is 0 Å². The summed E-state index contributed by atoms with van der Waals surface area (Å²) in [5.41, 5.74) is 3.84. The van der Waals surface area contributed by atoms with Crippen LogP contribution < -0.4 is 4.90 Å². The Labute approximate surface area is 185 Å². The molecule has 0 aromatic heterocycles. The van der Waals surface area contributed by atoms with E-state index in [-0.39, 0.29) is 0 Å². The zero-order chi connectivity index (χ0) is 21.4. The number of benzene rings is 2. The number of hydrogen-bond acceptors (Lipinski definition) is 6. The van der Waals surface area contributed by atoms with Crippen molar-refractivity contribution in [3.05, 3.63) is 63.1 Å². The van der Waals surface area contributed by atoms with E-state index in [0.717, 1.165) is 30.6 Å². The molecule has 0 radical (unpaired) electrons. The highest BCUT2D eigenvalue weighted by Gasteiger charge is 2.44. The van der Waals surface area contributed by atoms with Crippen LogP contribution in [0.5, 0.6) is 0 Å². The molecule has 8 heteroatoms.